The molecule has 1 aromatic heterocycles. The molecular weight excluding hydrogens is 348 g/mol. The minimum atomic E-state index is -0.0841. The summed E-state index contributed by atoms with van der Waals surface area (Å²) in [5, 5.41) is 2.95. The van der Waals surface area contributed by atoms with Crippen molar-refractivity contribution in [2.45, 2.75) is 25.5 Å². The van der Waals surface area contributed by atoms with Gasteiger partial charge in [0.1, 0.15) is 6.10 Å². The van der Waals surface area contributed by atoms with Gasteiger partial charge in [0.25, 0.3) is 0 Å². The van der Waals surface area contributed by atoms with Crippen molar-refractivity contribution in [1.29, 1.82) is 0 Å². The molecule has 144 valence electrons. The third-order valence-corrected chi connectivity index (χ3v) is 4.44. The van der Waals surface area contributed by atoms with Gasteiger partial charge in [-0.2, -0.15) is 0 Å². The van der Waals surface area contributed by atoms with Crippen LogP contribution < -0.4 is 19.5 Å². The smallest absolute Gasteiger partial charge is 0.317 e. The number of urea groups is 1. The highest BCUT2D eigenvalue weighted by molar-refractivity contribution is 5.74. The average molecular weight is 372 g/mol. The third kappa shape index (κ3) is 4.99. The standard InChI is InChI=1S/C19H24N4O4/c1-25-16-5-4-14(12-17(16)26-2)13-22-19(24)23-10-6-15(7-11-23)27-18-20-8-3-9-21-18/h3-5,8-9,12,15H,6-7,10-11,13H2,1-2H3,(H,22,24). The minimum absolute atomic E-state index is 0.0299. The summed E-state index contributed by atoms with van der Waals surface area (Å²) >= 11 is 0. The van der Waals surface area contributed by atoms with Crippen molar-refractivity contribution in [1.82, 2.24) is 20.2 Å². The molecule has 1 fully saturated rings. The van der Waals surface area contributed by atoms with Gasteiger partial charge in [-0.15, -0.1) is 0 Å². The molecule has 0 aliphatic carbocycles. The van der Waals surface area contributed by atoms with Crippen LogP contribution in [-0.4, -0.2) is 54.3 Å². The Bertz CT molecular complexity index is 749. The third-order valence-electron chi connectivity index (χ3n) is 4.44. The van der Waals surface area contributed by atoms with Crippen molar-refractivity contribution in [3.05, 3.63) is 42.2 Å². The van der Waals surface area contributed by atoms with Crippen molar-refractivity contribution in [3.63, 3.8) is 0 Å². The van der Waals surface area contributed by atoms with Gasteiger partial charge in [-0.05, 0) is 23.8 Å². The predicted octanol–water partition coefficient (Wildman–Crippen LogP) is 2.25. The van der Waals surface area contributed by atoms with E-state index in [2.05, 4.69) is 15.3 Å². The fourth-order valence-corrected chi connectivity index (χ4v) is 2.95. The molecule has 1 saturated heterocycles. The Kier molecular flexibility index (Phi) is 6.30. The van der Waals surface area contributed by atoms with Crippen molar-refractivity contribution in [3.8, 4) is 17.5 Å². The van der Waals surface area contributed by atoms with Gasteiger partial charge in [0.05, 0.1) is 14.2 Å². The van der Waals surface area contributed by atoms with Crippen molar-refractivity contribution in [2.24, 2.45) is 0 Å². The number of nitrogens with zero attached hydrogens (tertiary/aromatic N) is 3. The number of nitrogens with one attached hydrogen (secondary N) is 1. The van der Waals surface area contributed by atoms with Crippen LogP contribution in [0, 0.1) is 0 Å². The highest BCUT2D eigenvalue weighted by Gasteiger charge is 2.24. The number of amides is 2. The molecule has 1 aliphatic heterocycles. The molecule has 2 amide bonds. The number of benzene rings is 1. The van der Waals surface area contributed by atoms with Gasteiger partial charge in [-0.3, -0.25) is 0 Å². The SMILES string of the molecule is COc1ccc(CNC(=O)N2CCC(Oc3ncccn3)CC2)cc1OC. The van der Waals surface area contributed by atoms with Crippen LogP contribution in [0.25, 0.3) is 0 Å². The first-order chi connectivity index (χ1) is 13.2. The van der Waals surface area contributed by atoms with E-state index in [9.17, 15) is 4.79 Å². The maximum Gasteiger partial charge on any atom is 0.317 e. The molecule has 0 saturated carbocycles. The molecule has 1 aromatic carbocycles. The number of piperidine rings is 1. The Morgan fingerprint density at radius 1 is 1.15 bits per heavy atom. The first-order valence-corrected chi connectivity index (χ1v) is 8.87. The van der Waals surface area contributed by atoms with Crippen molar-refractivity contribution < 1.29 is 19.0 Å². The summed E-state index contributed by atoms with van der Waals surface area (Å²) < 4.78 is 16.3. The van der Waals surface area contributed by atoms with E-state index in [0.717, 1.165) is 18.4 Å². The van der Waals surface area contributed by atoms with Gasteiger partial charge < -0.3 is 24.4 Å². The molecule has 2 heterocycles. The lowest BCUT2D eigenvalue weighted by Crippen LogP contribution is -2.46. The maximum absolute atomic E-state index is 12.4. The molecule has 0 spiro atoms. The normalized spacial score (nSPS) is 14.5. The van der Waals surface area contributed by atoms with Gasteiger partial charge in [-0.1, -0.05) is 6.07 Å². The van der Waals surface area contributed by atoms with Crippen LogP contribution in [0.3, 0.4) is 0 Å². The van der Waals surface area contributed by atoms with Crippen LogP contribution in [0.15, 0.2) is 36.7 Å². The number of carbonyl (C=O) groups excluding carboxylic acids is 1. The first kappa shape index (κ1) is 18.8. The lowest BCUT2D eigenvalue weighted by molar-refractivity contribution is 0.103. The maximum atomic E-state index is 12.4. The largest absolute Gasteiger partial charge is 0.493 e. The Balaban J connectivity index is 1.46. The Morgan fingerprint density at radius 3 is 2.52 bits per heavy atom. The van der Waals surface area contributed by atoms with Crippen LogP contribution in [-0.2, 0) is 6.54 Å². The quantitative estimate of drug-likeness (QED) is 0.837. The van der Waals surface area contributed by atoms with Gasteiger partial charge in [-0.25, -0.2) is 14.8 Å². The van der Waals surface area contributed by atoms with Crippen LogP contribution >= 0.6 is 0 Å². The summed E-state index contributed by atoms with van der Waals surface area (Å²) in [6.07, 6.45) is 4.84. The number of hydrogen-bond acceptors (Lipinski definition) is 6. The molecule has 8 heteroatoms. The number of hydrogen-bond donors (Lipinski definition) is 1. The zero-order chi connectivity index (χ0) is 19.1. The van der Waals surface area contributed by atoms with E-state index in [1.807, 2.05) is 18.2 Å². The topological polar surface area (TPSA) is 85.8 Å². The molecule has 27 heavy (non-hydrogen) atoms. The molecule has 1 N–H and O–H groups in total. The van der Waals surface area contributed by atoms with Gasteiger partial charge in [0.15, 0.2) is 11.5 Å². The fourth-order valence-electron chi connectivity index (χ4n) is 2.95. The molecule has 8 nitrogen and oxygen atoms in total. The van der Waals surface area contributed by atoms with Crippen LogP contribution in [0.2, 0.25) is 0 Å². The second-order valence-electron chi connectivity index (χ2n) is 6.18. The average Bonchev–Trinajstić information content (AvgIpc) is 2.73. The van der Waals surface area contributed by atoms with E-state index in [-0.39, 0.29) is 12.1 Å². The van der Waals surface area contributed by atoms with Crippen LogP contribution in [0.4, 0.5) is 4.79 Å². The van der Waals surface area contributed by atoms with E-state index in [0.29, 0.717) is 37.1 Å². The lowest BCUT2D eigenvalue weighted by Gasteiger charge is -2.31. The molecule has 0 atom stereocenters. The van der Waals surface area contributed by atoms with E-state index in [1.165, 1.54) is 0 Å². The van der Waals surface area contributed by atoms with Gasteiger partial charge in [0, 0.05) is 44.9 Å². The summed E-state index contributed by atoms with van der Waals surface area (Å²) in [5.74, 6) is 1.31. The molecule has 0 radical (unpaired) electrons. The minimum Gasteiger partial charge on any atom is -0.493 e. The monoisotopic (exact) mass is 372 g/mol. The molecule has 2 aromatic rings. The van der Waals surface area contributed by atoms with Crippen molar-refractivity contribution >= 4 is 6.03 Å². The Morgan fingerprint density at radius 2 is 1.85 bits per heavy atom. The fraction of sp³-hybridized carbons (Fsp3) is 0.421. The molecule has 0 bridgehead atoms. The number of ether oxygens (including phenoxy) is 3. The van der Waals surface area contributed by atoms with Crippen molar-refractivity contribution in [2.75, 3.05) is 27.3 Å². The highest BCUT2D eigenvalue weighted by Crippen LogP contribution is 2.27. The molecular formula is C19H24N4O4. The highest BCUT2D eigenvalue weighted by atomic mass is 16.5. The van der Waals surface area contributed by atoms with E-state index in [1.54, 1.807) is 37.6 Å². The van der Waals surface area contributed by atoms with Crippen LogP contribution in [0.1, 0.15) is 18.4 Å². The van der Waals surface area contributed by atoms with Crippen LogP contribution in [0.5, 0.6) is 17.5 Å². The predicted molar refractivity (Wildman–Crippen MR) is 99.0 cm³/mol. The zero-order valence-electron chi connectivity index (χ0n) is 15.6. The summed E-state index contributed by atoms with van der Waals surface area (Å²) in [4.78, 5) is 22.3. The number of likely N-dealkylation sites (tertiary alicyclic amines) is 1. The number of rotatable bonds is 6. The zero-order valence-corrected chi connectivity index (χ0v) is 15.6. The molecule has 1 aliphatic rings. The summed E-state index contributed by atoms with van der Waals surface area (Å²) in [6.45, 7) is 1.69. The lowest BCUT2D eigenvalue weighted by atomic mass is 10.1. The van der Waals surface area contributed by atoms with E-state index >= 15 is 0 Å². The van der Waals surface area contributed by atoms with Gasteiger partial charge >= 0.3 is 12.0 Å². The summed E-state index contributed by atoms with van der Waals surface area (Å²) in [5.41, 5.74) is 0.945. The van der Waals surface area contributed by atoms with E-state index < -0.39 is 0 Å². The summed E-state index contributed by atoms with van der Waals surface area (Å²) in [7, 11) is 3.18. The second-order valence-corrected chi connectivity index (χ2v) is 6.18. The van der Waals surface area contributed by atoms with E-state index in [4.69, 9.17) is 14.2 Å². The second kappa shape index (κ2) is 9.07. The Hall–Kier alpha value is -3.03. The Labute approximate surface area is 158 Å². The number of carbonyl (C=O) groups is 1. The number of aromatic nitrogens is 2. The number of methoxy groups -OCH3 is 2. The molecule has 3 rings (SSSR count). The van der Waals surface area contributed by atoms with Gasteiger partial charge in [0.2, 0.25) is 0 Å². The molecule has 0 unspecified atom stereocenters. The first-order valence-electron chi connectivity index (χ1n) is 8.87. The summed E-state index contributed by atoms with van der Waals surface area (Å²) in [6, 6.07) is 7.64.